The Morgan fingerprint density at radius 2 is 1.89 bits per heavy atom. The van der Waals surface area contributed by atoms with E-state index in [1.54, 1.807) is 4.90 Å². The molecule has 4 heterocycles. The van der Waals surface area contributed by atoms with Crippen LogP contribution in [0.25, 0.3) is 0 Å². The Kier molecular flexibility index (Phi) is 5.15. The minimum Gasteiger partial charge on any atom is -0.323 e. The van der Waals surface area contributed by atoms with E-state index in [0.717, 1.165) is 51.5 Å². The lowest BCUT2D eigenvalue weighted by Gasteiger charge is -2.49. The average molecular weight is 389 g/mol. The summed E-state index contributed by atoms with van der Waals surface area (Å²) in [6.45, 7) is 4.83. The van der Waals surface area contributed by atoms with Gasteiger partial charge in [0.25, 0.3) is 0 Å². The van der Waals surface area contributed by atoms with E-state index in [1.807, 2.05) is 4.90 Å². The highest BCUT2D eigenvalue weighted by atomic mass is 16.2. The molecule has 0 aromatic heterocycles. The molecule has 6 atom stereocenters. The summed E-state index contributed by atoms with van der Waals surface area (Å²) in [6.07, 6.45) is 8.25. The SMILES string of the molecule is N#CN1CCN2CCN(C3CCC(C4CCCC5CNNC54)NN3)C(=O)[C@H]2C1. The Morgan fingerprint density at radius 3 is 2.71 bits per heavy atom. The molecule has 28 heavy (non-hydrogen) atoms. The molecule has 5 rings (SSSR count). The summed E-state index contributed by atoms with van der Waals surface area (Å²) in [4.78, 5) is 19.1. The van der Waals surface area contributed by atoms with Gasteiger partial charge in [0.1, 0.15) is 6.04 Å². The minimum atomic E-state index is -0.172. The van der Waals surface area contributed by atoms with Gasteiger partial charge in [-0.25, -0.2) is 5.43 Å². The van der Waals surface area contributed by atoms with Crippen molar-refractivity contribution in [2.75, 3.05) is 39.3 Å². The molecule has 9 nitrogen and oxygen atoms in total. The zero-order chi connectivity index (χ0) is 19.1. The first-order chi connectivity index (χ1) is 13.7. The van der Waals surface area contributed by atoms with Crippen LogP contribution in [-0.2, 0) is 4.79 Å². The standard InChI is InChI=1S/C19H32N8O/c20-12-25-6-7-26-8-9-27(19(28)16(26)11-25)17-5-4-15(22-23-17)14-3-1-2-13-10-21-24-18(13)14/h13-18,21-24H,1-11H2/t13?,14?,15?,16-,17?,18?/m1/s1. The Morgan fingerprint density at radius 1 is 1.00 bits per heavy atom. The highest BCUT2D eigenvalue weighted by molar-refractivity contribution is 5.83. The zero-order valence-electron chi connectivity index (χ0n) is 16.4. The van der Waals surface area contributed by atoms with Crippen LogP contribution in [0.5, 0.6) is 0 Å². The fourth-order valence-electron chi connectivity index (χ4n) is 6.04. The molecule has 0 aromatic carbocycles. The Hall–Kier alpha value is -1.44. The number of nitrogens with zero attached hydrogens (tertiary/aromatic N) is 4. The number of rotatable bonds is 2. The highest BCUT2D eigenvalue weighted by Gasteiger charge is 2.44. The molecule has 4 saturated heterocycles. The third-order valence-electron chi connectivity index (χ3n) is 7.62. The Labute approximate surface area is 166 Å². The Bertz CT molecular complexity index is 630. The van der Waals surface area contributed by atoms with Gasteiger partial charge in [-0.05, 0) is 37.5 Å². The second-order valence-electron chi connectivity index (χ2n) is 9.02. The highest BCUT2D eigenvalue weighted by Crippen LogP contribution is 2.35. The average Bonchev–Trinajstić information content (AvgIpc) is 3.23. The number of carbonyl (C=O) groups excluding carboxylic acids is 1. The second kappa shape index (κ2) is 7.76. The largest absolute Gasteiger partial charge is 0.323 e. The predicted molar refractivity (Wildman–Crippen MR) is 103 cm³/mol. The van der Waals surface area contributed by atoms with Gasteiger partial charge in [0, 0.05) is 44.8 Å². The molecular formula is C19H32N8O. The third-order valence-corrected chi connectivity index (χ3v) is 7.62. The summed E-state index contributed by atoms with van der Waals surface area (Å²) < 4.78 is 0. The summed E-state index contributed by atoms with van der Waals surface area (Å²) in [5.74, 6) is 1.56. The first-order valence-electron chi connectivity index (χ1n) is 10.9. The molecule has 154 valence electrons. The van der Waals surface area contributed by atoms with Crippen molar-refractivity contribution in [3.05, 3.63) is 0 Å². The third kappa shape index (κ3) is 3.27. The van der Waals surface area contributed by atoms with Gasteiger partial charge in [-0.3, -0.25) is 26.0 Å². The number of hydrogen-bond acceptors (Lipinski definition) is 8. The summed E-state index contributed by atoms with van der Waals surface area (Å²) in [5.41, 5.74) is 13.9. The fourth-order valence-corrected chi connectivity index (χ4v) is 6.04. The molecule has 5 unspecified atom stereocenters. The molecule has 0 spiro atoms. The van der Waals surface area contributed by atoms with E-state index in [-0.39, 0.29) is 18.1 Å². The van der Waals surface area contributed by atoms with Crippen LogP contribution in [-0.4, -0.2) is 84.2 Å². The molecule has 0 radical (unpaired) electrons. The zero-order valence-corrected chi connectivity index (χ0v) is 16.4. The van der Waals surface area contributed by atoms with E-state index in [1.165, 1.54) is 19.3 Å². The van der Waals surface area contributed by atoms with E-state index in [9.17, 15) is 10.1 Å². The number of amides is 1. The van der Waals surface area contributed by atoms with Gasteiger partial charge in [-0.15, -0.1) is 0 Å². The molecule has 1 amide bonds. The maximum absolute atomic E-state index is 13.1. The van der Waals surface area contributed by atoms with Crippen LogP contribution in [0.1, 0.15) is 32.1 Å². The number of carbonyl (C=O) groups is 1. The normalized spacial score (nSPS) is 42.0. The lowest BCUT2D eigenvalue weighted by molar-refractivity contribution is -0.149. The molecule has 5 aliphatic rings. The quantitative estimate of drug-likeness (QED) is 0.437. The van der Waals surface area contributed by atoms with Gasteiger partial charge in [0.2, 0.25) is 5.91 Å². The van der Waals surface area contributed by atoms with Gasteiger partial charge in [-0.1, -0.05) is 6.42 Å². The van der Waals surface area contributed by atoms with Crippen LogP contribution in [0.3, 0.4) is 0 Å². The Balaban J connectivity index is 1.19. The summed E-state index contributed by atoms with van der Waals surface area (Å²) in [6, 6.07) is 0.847. The summed E-state index contributed by atoms with van der Waals surface area (Å²) in [7, 11) is 0. The van der Waals surface area contributed by atoms with Gasteiger partial charge < -0.3 is 9.80 Å². The van der Waals surface area contributed by atoms with Crippen molar-refractivity contribution < 1.29 is 4.79 Å². The molecule has 1 aliphatic carbocycles. The summed E-state index contributed by atoms with van der Waals surface area (Å²) in [5, 5.41) is 9.20. The first-order valence-corrected chi connectivity index (χ1v) is 10.9. The van der Waals surface area contributed by atoms with Crippen molar-refractivity contribution in [3.8, 4) is 6.19 Å². The lowest BCUT2D eigenvalue weighted by atomic mass is 9.73. The van der Waals surface area contributed by atoms with E-state index >= 15 is 0 Å². The molecule has 1 saturated carbocycles. The smallest absolute Gasteiger partial charge is 0.243 e. The van der Waals surface area contributed by atoms with Gasteiger partial charge in [0.15, 0.2) is 6.19 Å². The topological polar surface area (TPSA) is 98.7 Å². The maximum Gasteiger partial charge on any atom is 0.243 e. The van der Waals surface area contributed by atoms with Gasteiger partial charge in [0.05, 0.1) is 12.7 Å². The van der Waals surface area contributed by atoms with Gasteiger partial charge >= 0.3 is 0 Å². The second-order valence-corrected chi connectivity index (χ2v) is 9.02. The van der Waals surface area contributed by atoms with E-state index in [0.29, 0.717) is 24.5 Å². The molecule has 5 fully saturated rings. The van der Waals surface area contributed by atoms with Crippen LogP contribution in [0, 0.1) is 23.3 Å². The minimum absolute atomic E-state index is 0.0532. The van der Waals surface area contributed by atoms with Crippen LogP contribution in [0.2, 0.25) is 0 Å². The molecule has 0 bridgehead atoms. The number of fused-ring (bicyclic) bond motifs is 2. The number of hydrogen-bond donors (Lipinski definition) is 4. The van der Waals surface area contributed by atoms with Crippen molar-refractivity contribution in [1.29, 1.82) is 5.26 Å². The van der Waals surface area contributed by atoms with Crippen molar-refractivity contribution in [1.82, 2.24) is 36.4 Å². The van der Waals surface area contributed by atoms with Crippen molar-refractivity contribution in [2.24, 2.45) is 11.8 Å². The molecule has 4 aliphatic heterocycles. The number of nitrogens with one attached hydrogen (secondary N) is 4. The molecular weight excluding hydrogens is 356 g/mol. The fraction of sp³-hybridized carbons (Fsp3) is 0.895. The number of piperazine rings is 2. The lowest BCUT2D eigenvalue weighted by Crippen LogP contribution is -2.70. The predicted octanol–water partition coefficient (Wildman–Crippen LogP) is -1.23. The van der Waals surface area contributed by atoms with Crippen molar-refractivity contribution in [2.45, 2.75) is 56.4 Å². The number of hydrazine groups is 2. The monoisotopic (exact) mass is 388 g/mol. The van der Waals surface area contributed by atoms with Crippen LogP contribution in [0.15, 0.2) is 0 Å². The van der Waals surface area contributed by atoms with Crippen molar-refractivity contribution >= 4 is 5.91 Å². The maximum atomic E-state index is 13.1. The van der Waals surface area contributed by atoms with Crippen molar-refractivity contribution in [3.63, 3.8) is 0 Å². The molecule has 4 N–H and O–H groups in total. The van der Waals surface area contributed by atoms with Crippen LogP contribution >= 0.6 is 0 Å². The van der Waals surface area contributed by atoms with Crippen LogP contribution < -0.4 is 21.7 Å². The summed E-state index contributed by atoms with van der Waals surface area (Å²) >= 11 is 0. The number of nitriles is 1. The van der Waals surface area contributed by atoms with Gasteiger partial charge in [-0.2, -0.15) is 5.26 Å². The molecule has 9 heteroatoms. The first kappa shape index (κ1) is 18.6. The van der Waals surface area contributed by atoms with E-state index in [4.69, 9.17) is 0 Å². The van der Waals surface area contributed by atoms with Crippen LogP contribution in [0.4, 0.5) is 0 Å². The molecule has 0 aromatic rings. The van der Waals surface area contributed by atoms with E-state index < -0.39 is 0 Å². The van der Waals surface area contributed by atoms with E-state index in [2.05, 4.69) is 32.8 Å².